The van der Waals surface area contributed by atoms with Crippen molar-refractivity contribution in [1.29, 1.82) is 0 Å². The van der Waals surface area contributed by atoms with Gasteiger partial charge < -0.3 is 29.6 Å². The van der Waals surface area contributed by atoms with E-state index in [0.717, 1.165) is 47.0 Å². The Labute approximate surface area is 184 Å². The summed E-state index contributed by atoms with van der Waals surface area (Å²) in [6.45, 7) is 1.19. The zero-order valence-electron chi connectivity index (χ0n) is 18.9. The predicted molar refractivity (Wildman–Crippen MR) is 122 cm³/mol. The Morgan fingerprint density at radius 2 is 1.61 bits per heavy atom. The van der Waals surface area contributed by atoms with Crippen LogP contribution in [0.2, 0.25) is 0 Å². The van der Waals surface area contributed by atoms with Crippen LogP contribution in [0.15, 0.2) is 41.4 Å². The summed E-state index contributed by atoms with van der Waals surface area (Å²) in [6.07, 6.45) is 4.96. The van der Waals surface area contributed by atoms with Crippen molar-refractivity contribution >= 4 is 5.96 Å². The van der Waals surface area contributed by atoms with Crippen LogP contribution in [0.3, 0.4) is 0 Å². The second-order valence-corrected chi connectivity index (χ2v) is 7.47. The molecular formula is C24H33N3O4. The molecule has 3 rings (SSSR count). The maximum atomic E-state index is 6.20. The van der Waals surface area contributed by atoms with Gasteiger partial charge >= 0.3 is 0 Å². The third-order valence-electron chi connectivity index (χ3n) is 5.45. The molecule has 0 heterocycles. The molecule has 1 saturated carbocycles. The SMILES string of the molecule is CN=C(NCc1ccc(OC)c(OC2CCCC2)c1)NCc1ccc(OC)cc1OC. The minimum Gasteiger partial charge on any atom is -0.497 e. The van der Waals surface area contributed by atoms with Crippen LogP contribution in [0.25, 0.3) is 0 Å². The molecule has 0 spiro atoms. The molecule has 2 aromatic rings. The first-order valence-corrected chi connectivity index (χ1v) is 10.7. The lowest BCUT2D eigenvalue weighted by molar-refractivity contribution is 0.200. The molecule has 2 aromatic carbocycles. The van der Waals surface area contributed by atoms with Gasteiger partial charge in [0.05, 0.1) is 27.4 Å². The van der Waals surface area contributed by atoms with E-state index in [2.05, 4.69) is 15.6 Å². The Bertz CT molecular complexity index is 879. The maximum absolute atomic E-state index is 6.20. The highest BCUT2D eigenvalue weighted by atomic mass is 16.5. The Morgan fingerprint density at radius 3 is 2.29 bits per heavy atom. The smallest absolute Gasteiger partial charge is 0.191 e. The Balaban J connectivity index is 1.59. The predicted octanol–water partition coefficient (Wildman–Crippen LogP) is 3.90. The van der Waals surface area contributed by atoms with Crippen molar-refractivity contribution in [3.8, 4) is 23.0 Å². The number of rotatable bonds is 9. The van der Waals surface area contributed by atoms with E-state index in [1.54, 1.807) is 28.4 Å². The van der Waals surface area contributed by atoms with Gasteiger partial charge in [0.25, 0.3) is 0 Å². The molecular weight excluding hydrogens is 394 g/mol. The normalized spacial score (nSPS) is 14.3. The molecule has 168 valence electrons. The zero-order chi connectivity index (χ0) is 22.1. The first kappa shape index (κ1) is 22.6. The van der Waals surface area contributed by atoms with Crippen LogP contribution >= 0.6 is 0 Å². The lowest BCUT2D eigenvalue weighted by Gasteiger charge is -2.18. The van der Waals surface area contributed by atoms with Crippen LogP contribution in [0.1, 0.15) is 36.8 Å². The summed E-state index contributed by atoms with van der Waals surface area (Å²) >= 11 is 0. The summed E-state index contributed by atoms with van der Waals surface area (Å²) < 4.78 is 22.4. The molecule has 0 unspecified atom stereocenters. The molecule has 1 aliphatic carbocycles. The van der Waals surface area contributed by atoms with Crippen molar-refractivity contribution in [3.63, 3.8) is 0 Å². The van der Waals surface area contributed by atoms with Gasteiger partial charge in [-0.05, 0) is 55.5 Å². The number of methoxy groups -OCH3 is 3. The molecule has 1 fully saturated rings. The van der Waals surface area contributed by atoms with Crippen molar-refractivity contribution < 1.29 is 18.9 Å². The fourth-order valence-corrected chi connectivity index (χ4v) is 3.69. The molecule has 1 aliphatic rings. The number of nitrogens with one attached hydrogen (secondary N) is 2. The number of aliphatic imine (C=N–C) groups is 1. The summed E-state index contributed by atoms with van der Waals surface area (Å²) in [4.78, 5) is 4.32. The summed E-state index contributed by atoms with van der Waals surface area (Å²) in [5.41, 5.74) is 2.11. The molecule has 0 aliphatic heterocycles. The largest absolute Gasteiger partial charge is 0.497 e. The van der Waals surface area contributed by atoms with E-state index >= 15 is 0 Å². The number of ether oxygens (including phenoxy) is 4. The van der Waals surface area contributed by atoms with Gasteiger partial charge in [-0.2, -0.15) is 0 Å². The molecule has 2 N–H and O–H groups in total. The first-order chi connectivity index (χ1) is 15.2. The van der Waals surface area contributed by atoms with Crippen LogP contribution in [0.4, 0.5) is 0 Å². The molecule has 7 nitrogen and oxygen atoms in total. The van der Waals surface area contributed by atoms with Crippen LogP contribution in [-0.4, -0.2) is 40.4 Å². The first-order valence-electron chi connectivity index (χ1n) is 10.7. The highest BCUT2D eigenvalue weighted by Crippen LogP contribution is 2.32. The van der Waals surface area contributed by atoms with Crippen molar-refractivity contribution in [2.75, 3.05) is 28.4 Å². The highest BCUT2D eigenvalue weighted by Gasteiger charge is 2.18. The molecule has 0 bridgehead atoms. The van der Waals surface area contributed by atoms with Gasteiger partial charge in [0.15, 0.2) is 17.5 Å². The van der Waals surface area contributed by atoms with E-state index in [0.29, 0.717) is 19.0 Å². The van der Waals surface area contributed by atoms with E-state index in [1.165, 1.54) is 12.8 Å². The quantitative estimate of drug-likeness (QED) is 0.467. The number of guanidine groups is 1. The maximum Gasteiger partial charge on any atom is 0.191 e. The van der Waals surface area contributed by atoms with E-state index in [-0.39, 0.29) is 6.10 Å². The molecule has 0 saturated heterocycles. The van der Waals surface area contributed by atoms with Gasteiger partial charge in [-0.15, -0.1) is 0 Å². The van der Waals surface area contributed by atoms with E-state index < -0.39 is 0 Å². The molecule has 0 atom stereocenters. The average molecular weight is 428 g/mol. The van der Waals surface area contributed by atoms with Crippen LogP contribution in [-0.2, 0) is 13.1 Å². The molecule has 0 radical (unpaired) electrons. The third-order valence-corrected chi connectivity index (χ3v) is 5.45. The standard InChI is InChI=1S/C24H33N3O4/c1-25-24(27-16-18-10-11-20(28-2)14-22(18)30-4)26-15-17-9-12-21(29-3)23(13-17)31-19-7-5-6-8-19/h9-14,19H,5-8,15-16H2,1-4H3,(H2,25,26,27). The van der Waals surface area contributed by atoms with E-state index in [1.807, 2.05) is 36.4 Å². The molecule has 7 heteroatoms. The van der Waals surface area contributed by atoms with Crippen LogP contribution < -0.4 is 29.6 Å². The van der Waals surface area contributed by atoms with Gasteiger partial charge in [0.1, 0.15) is 11.5 Å². The Morgan fingerprint density at radius 1 is 0.871 bits per heavy atom. The fraction of sp³-hybridized carbons (Fsp3) is 0.458. The lowest BCUT2D eigenvalue weighted by Crippen LogP contribution is -2.36. The number of hydrogen-bond donors (Lipinski definition) is 2. The van der Waals surface area contributed by atoms with Crippen LogP contribution in [0.5, 0.6) is 23.0 Å². The van der Waals surface area contributed by atoms with E-state index in [9.17, 15) is 0 Å². The molecule has 31 heavy (non-hydrogen) atoms. The average Bonchev–Trinajstić information content (AvgIpc) is 3.32. The van der Waals surface area contributed by atoms with E-state index in [4.69, 9.17) is 18.9 Å². The van der Waals surface area contributed by atoms with Crippen LogP contribution in [0, 0.1) is 0 Å². The third kappa shape index (κ3) is 6.20. The van der Waals surface area contributed by atoms with Gasteiger partial charge in [0, 0.05) is 31.8 Å². The summed E-state index contributed by atoms with van der Waals surface area (Å²) in [7, 11) is 6.72. The summed E-state index contributed by atoms with van der Waals surface area (Å²) in [5, 5.41) is 6.68. The summed E-state index contributed by atoms with van der Waals surface area (Å²) in [6, 6.07) is 11.8. The number of hydrogen-bond acceptors (Lipinski definition) is 5. The fourth-order valence-electron chi connectivity index (χ4n) is 3.69. The van der Waals surface area contributed by atoms with Crippen molar-refractivity contribution in [2.45, 2.75) is 44.9 Å². The van der Waals surface area contributed by atoms with Gasteiger partial charge in [-0.25, -0.2) is 0 Å². The topological polar surface area (TPSA) is 73.3 Å². The highest BCUT2D eigenvalue weighted by molar-refractivity contribution is 5.79. The second kappa shape index (κ2) is 11.3. The molecule has 0 amide bonds. The minimum absolute atomic E-state index is 0.283. The van der Waals surface area contributed by atoms with Crippen molar-refractivity contribution in [2.24, 2.45) is 4.99 Å². The van der Waals surface area contributed by atoms with Gasteiger partial charge in [-0.1, -0.05) is 6.07 Å². The number of nitrogens with zero attached hydrogens (tertiary/aromatic N) is 1. The second-order valence-electron chi connectivity index (χ2n) is 7.47. The minimum atomic E-state index is 0.283. The van der Waals surface area contributed by atoms with Crippen molar-refractivity contribution in [3.05, 3.63) is 47.5 Å². The Hall–Kier alpha value is -3.09. The lowest BCUT2D eigenvalue weighted by atomic mass is 10.2. The van der Waals surface area contributed by atoms with Gasteiger partial charge in [0.2, 0.25) is 0 Å². The molecule has 0 aromatic heterocycles. The number of benzene rings is 2. The zero-order valence-corrected chi connectivity index (χ0v) is 18.9. The van der Waals surface area contributed by atoms with Crippen molar-refractivity contribution in [1.82, 2.24) is 10.6 Å². The monoisotopic (exact) mass is 427 g/mol. The summed E-state index contributed by atoms with van der Waals surface area (Å²) in [5.74, 6) is 3.81. The Kier molecular flexibility index (Phi) is 8.27. The van der Waals surface area contributed by atoms with Gasteiger partial charge in [-0.3, -0.25) is 4.99 Å².